The Labute approximate surface area is 162 Å². The first-order chi connectivity index (χ1) is 13.2. The van der Waals surface area contributed by atoms with Crippen LogP contribution in [-0.2, 0) is 0 Å². The Morgan fingerprint density at radius 3 is 2.22 bits per heavy atom. The third-order valence-electron chi connectivity index (χ3n) is 5.17. The number of hydrogen-bond donors (Lipinski definition) is 1. The number of amides is 1. The molecule has 0 aliphatic carbocycles. The maximum Gasteiger partial charge on any atom is 0.255 e. The molecule has 1 aliphatic heterocycles. The van der Waals surface area contributed by atoms with Gasteiger partial charge in [-0.05, 0) is 63.1 Å². The Morgan fingerprint density at radius 2 is 1.67 bits per heavy atom. The number of rotatable bonds is 6. The topological polar surface area (TPSA) is 48.5 Å². The van der Waals surface area contributed by atoms with Crippen molar-refractivity contribution >= 4 is 23.1 Å². The lowest BCUT2D eigenvalue weighted by molar-refractivity contribution is 0.0761. The van der Waals surface area contributed by atoms with Crippen molar-refractivity contribution in [3.8, 4) is 0 Å². The van der Waals surface area contributed by atoms with Crippen LogP contribution in [0.15, 0.2) is 42.6 Å². The molecule has 1 amide bonds. The fraction of sp³-hybridized carbons (Fsp3) is 0.455. The van der Waals surface area contributed by atoms with E-state index in [0.717, 1.165) is 50.5 Å². The van der Waals surface area contributed by atoms with Gasteiger partial charge in [-0.3, -0.25) is 4.79 Å². The van der Waals surface area contributed by atoms with E-state index < -0.39 is 0 Å². The molecule has 1 saturated heterocycles. The Bertz CT molecular complexity index is 715. The second-order valence-electron chi connectivity index (χ2n) is 6.98. The molecule has 0 spiro atoms. The molecule has 2 aromatic rings. The average Bonchev–Trinajstić information content (AvgIpc) is 3.00. The number of likely N-dealkylation sites (tertiary alicyclic amines) is 1. The number of anilines is 3. The molecule has 0 atom stereocenters. The minimum atomic E-state index is 0.0968. The molecule has 1 aromatic carbocycles. The number of carbonyl (C=O) groups excluding carboxylic acids is 1. The first-order valence-electron chi connectivity index (χ1n) is 10.1. The Balaban J connectivity index is 1.62. The predicted octanol–water partition coefficient (Wildman–Crippen LogP) is 4.69. The van der Waals surface area contributed by atoms with Gasteiger partial charge in [-0.15, -0.1) is 0 Å². The van der Waals surface area contributed by atoms with Crippen molar-refractivity contribution in [3.05, 3.63) is 48.2 Å². The van der Waals surface area contributed by atoms with Gasteiger partial charge in [-0.2, -0.15) is 0 Å². The second kappa shape index (κ2) is 9.40. The third kappa shape index (κ3) is 5.00. The molecular weight excluding hydrogens is 336 g/mol. The van der Waals surface area contributed by atoms with Gasteiger partial charge in [0.1, 0.15) is 5.82 Å². The molecule has 0 radical (unpaired) electrons. The van der Waals surface area contributed by atoms with Crippen molar-refractivity contribution < 1.29 is 4.79 Å². The number of aromatic nitrogens is 1. The van der Waals surface area contributed by atoms with Gasteiger partial charge in [0.05, 0.1) is 5.56 Å². The monoisotopic (exact) mass is 366 g/mol. The number of hydrogen-bond acceptors (Lipinski definition) is 4. The summed E-state index contributed by atoms with van der Waals surface area (Å²) in [5.74, 6) is 0.845. The van der Waals surface area contributed by atoms with E-state index in [4.69, 9.17) is 0 Å². The fourth-order valence-electron chi connectivity index (χ4n) is 3.54. The Hall–Kier alpha value is -2.56. The molecular formula is C22H30N4O. The number of benzene rings is 1. The molecule has 144 valence electrons. The molecule has 1 aliphatic rings. The second-order valence-corrected chi connectivity index (χ2v) is 6.98. The van der Waals surface area contributed by atoms with E-state index >= 15 is 0 Å². The zero-order valence-corrected chi connectivity index (χ0v) is 16.4. The van der Waals surface area contributed by atoms with E-state index in [-0.39, 0.29) is 5.91 Å². The fourth-order valence-corrected chi connectivity index (χ4v) is 3.54. The lowest BCUT2D eigenvalue weighted by atomic mass is 10.2. The van der Waals surface area contributed by atoms with Crippen LogP contribution in [0.3, 0.4) is 0 Å². The summed E-state index contributed by atoms with van der Waals surface area (Å²) in [4.78, 5) is 21.3. The highest BCUT2D eigenvalue weighted by Crippen LogP contribution is 2.21. The van der Waals surface area contributed by atoms with Crippen molar-refractivity contribution in [2.24, 2.45) is 0 Å². The van der Waals surface area contributed by atoms with Crippen LogP contribution >= 0.6 is 0 Å². The number of carbonyl (C=O) groups is 1. The van der Waals surface area contributed by atoms with Gasteiger partial charge in [0.25, 0.3) is 5.91 Å². The van der Waals surface area contributed by atoms with Gasteiger partial charge < -0.3 is 15.1 Å². The van der Waals surface area contributed by atoms with E-state index in [9.17, 15) is 4.79 Å². The van der Waals surface area contributed by atoms with Crippen molar-refractivity contribution in [1.82, 2.24) is 9.88 Å². The van der Waals surface area contributed by atoms with E-state index in [2.05, 4.69) is 53.3 Å². The molecule has 0 saturated carbocycles. The highest BCUT2D eigenvalue weighted by molar-refractivity contribution is 5.94. The van der Waals surface area contributed by atoms with Gasteiger partial charge in [-0.25, -0.2) is 4.98 Å². The minimum Gasteiger partial charge on any atom is -0.372 e. The summed E-state index contributed by atoms with van der Waals surface area (Å²) in [6.07, 6.45) is 6.32. The van der Waals surface area contributed by atoms with Gasteiger partial charge in [-0.1, -0.05) is 12.8 Å². The van der Waals surface area contributed by atoms with E-state index in [1.807, 2.05) is 17.0 Å². The van der Waals surface area contributed by atoms with Crippen LogP contribution in [0.5, 0.6) is 0 Å². The van der Waals surface area contributed by atoms with Crippen molar-refractivity contribution in [2.75, 3.05) is 36.4 Å². The molecule has 2 heterocycles. The van der Waals surface area contributed by atoms with Crippen LogP contribution < -0.4 is 10.2 Å². The van der Waals surface area contributed by atoms with E-state index in [0.29, 0.717) is 5.56 Å². The van der Waals surface area contributed by atoms with Crippen molar-refractivity contribution in [2.45, 2.75) is 39.5 Å². The minimum absolute atomic E-state index is 0.0968. The molecule has 1 N–H and O–H groups in total. The zero-order chi connectivity index (χ0) is 19.1. The first kappa shape index (κ1) is 19.2. The van der Waals surface area contributed by atoms with Crippen LogP contribution in [0, 0.1) is 0 Å². The summed E-state index contributed by atoms with van der Waals surface area (Å²) in [6.45, 7) is 8.03. The summed E-state index contributed by atoms with van der Waals surface area (Å²) in [5, 5.41) is 3.31. The van der Waals surface area contributed by atoms with Crippen LogP contribution in [-0.4, -0.2) is 42.0 Å². The van der Waals surface area contributed by atoms with Gasteiger partial charge in [0.15, 0.2) is 0 Å². The normalized spacial score (nSPS) is 14.5. The Kier molecular flexibility index (Phi) is 6.69. The Morgan fingerprint density at radius 1 is 1.00 bits per heavy atom. The average molecular weight is 367 g/mol. The molecule has 0 unspecified atom stereocenters. The molecule has 5 nitrogen and oxygen atoms in total. The summed E-state index contributed by atoms with van der Waals surface area (Å²) in [6, 6.07) is 12.1. The molecule has 1 fully saturated rings. The van der Waals surface area contributed by atoms with E-state index in [1.165, 1.54) is 18.5 Å². The summed E-state index contributed by atoms with van der Waals surface area (Å²) in [7, 11) is 0. The highest BCUT2D eigenvalue weighted by atomic mass is 16.2. The van der Waals surface area contributed by atoms with Crippen LogP contribution in [0.2, 0.25) is 0 Å². The SMILES string of the molecule is CCN(CC)c1ccc(Nc2ccc(C(=O)N3CCCCCC3)cn2)cc1. The summed E-state index contributed by atoms with van der Waals surface area (Å²) < 4.78 is 0. The van der Waals surface area contributed by atoms with Crippen molar-refractivity contribution in [1.29, 1.82) is 0 Å². The molecule has 27 heavy (non-hydrogen) atoms. The van der Waals surface area contributed by atoms with Crippen LogP contribution in [0.25, 0.3) is 0 Å². The highest BCUT2D eigenvalue weighted by Gasteiger charge is 2.17. The predicted molar refractivity (Wildman–Crippen MR) is 112 cm³/mol. The molecule has 0 bridgehead atoms. The number of pyridine rings is 1. The smallest absolute Gasteiger partial charge is 0.255 e. The largest absolute Gasteiger partial charge is 0.372 e. The van der Waals surface area contributed by atoms with Gasteiger partial charge in [0.2, 0.25) is 0 Å². The lowest BCUT2D eigenvalue weighted by Crippen LogP contribution is -2.31. The van der Waals surface area contributed by atoms with Crippen molar-refractivity contribution in [3.63, 3.8) is 0 Å². The standard InChI is InChI=1S/C22H30N4O/c1-3-25(4-2)20-12-10-19(11-13-20)24-21-14-9-18(17-23-21)22(27)26-15-7-5-6-8-16-26/h9-14,17H,3-8,15-16H2,1-2H3,(H,23,24). The number of nitrogens with zero attached hydrogens (tertiary/aromatic N) is 3. The maximum atomic E-state index is 12.6. The molecule has 5 heteroatoms. The quantitative estimate of drug-likeness (QED) is 0.806. The maximum absolute atomic E-state index is 12.6. The lowest BCUT2D eigenvalue weighted by Gasteiger charge is -2.21. The molecule has 1 aromatic heterocycles. The molecule has 3 rings (SSSR count). The zero-order valence-electron chi connectivity index (χ0n) is 16.4. The van der Waals surface area contributed by atoms with Gasteiger partial charge >= 0.3 is 0 Å². The van der Waals surface area contributed by atoms with Crippen LogP contribution in [0.4, 0.5) is 17.2 Å². The van der Waals surface area contributed by atoms with Gasteiger partial charge in [0, 0.05) is 43.8 Å². The summed E-state index contributed by atoms with van der Waals surface area (Å²) in [5.41, 5.74) is 2.88. The number of nitrogens with one attached hydrogen (secondary N) is 1. The van der Waals surface area contributed by atoms with E-state index in [1.54, 1.807) is 6.20 Å². The first-order valence-corrected chi connectivity index (χ1v) is 10.1. The summed E-state index contributed by atoms with van der Waals surface area (Å²) >= 11 is 0. The third-order valence-corrected chi connectivity index (χ3v) is 5.17. The van der Waals surface area contributed by atoms with Crippen LogP contribution in [0.1, 0.15) is 49.9 Å².